The van der Waals surface area contributed by atoms with E-state index in [-0.39, 0.29) is 6.04 Å². The molecule has 0 radical (unpaired) electrons. The van der Waals surface area contributed by atoms with Crippen molar-refractivity contribution < 1.29 is 4.74 Å². The van der Waals surface area contributed by atoms with Gasteiger partial charge in [0.05, 0.1) is 40.1 Å². The van der Waals surface area contributed by atoms with Gasteiger partial charge in [-0.25, -0.2) is 0 Å². The number of aromatic nitrogens is 4. The van der Waals surface area contributed by atoms with E-state index < -0.39 is 0 Å². The number of hydrogen-bond donors (Lipinski definition) is 3. The number of nitrogens with one attached hydrogen (secondary N) is 3. The lowest BCUT2D eigenvalue weighted by Crippen LogP contribution is -2.13. The van der Waals surface area contributed by atoms with E-state index in [0.29, 0.717) is 66.6 Å². The summed E-state index contributed by atoms with van der Waals surface area (Å²) in [7, 11) is 0. The third kappa shape index (κ3) is 5.31. The molecular weight excluding hydrogens is 545 g/mol. The summed E-state index contributed by atoms with van der Waals surface area (Å²) in [6, 6.07) is 18.1. The first-order chi connectivity index (χ1) is 18.5. The molecule has 0 amide bonds. The van der Waals surface area contributed by atoms with Crippen molar-refractivity contribution >= 4 is 62.8 Å². The van der Waals surface area contributed by atoms with E-state index in [4.69, 9.17) is 39.5 Å². The molecule has 0 bridgehead atoms. The van der Waals surface area contributed by atoms with E-state index in [2.05, 4.69) is 37.1 Å². The molecule has 0 saturated heterocycles. The lowest BCUT2D eigenvalue weighted by molar-refractivity contribution is 0.340. The molecule has 0 saturated carbocycles. The van der Waals surface area contributed by atoms with Gasteiger partial charge in [0.25, 0.3) is 0 Å². The average Bonchev–Trinajstić information content (AvgIpc) is 3.44. The van der Waals surface area contributed by atoms with E-state index in [1.807, 2.05) is 37.3 Å². The molecule has 0 unspecified atom stereocenters. The number of anilines is 3. The minimum Gasteiger partial charge on any atom is -0.492 e. The third-order valence-electron chi connectivity index (χ3n) is 5.79. The summed E-state index contributed by atoms with van der Waals surface area (Å²) >= 11 is 19.1. The lowest BCUT2D eigenvalue weighted by Gasteiger charge is -2.21. The lowest BCUT2D eigenvalue weighted by atomic mass is 10.0. The molecular formula is C27H20Cl3N7O. The summed E-state index contributed by atoms with van der Waals surface area (Å²) in [4.78, 5) is 4.60. The monoisotopic (exact) mass is 563 g/mol. The number of benzene rings is 3. The number of nitriles is 1. The maximum atomic E-state index is 9.85. The largest absolute Gasteiger partial charge is 0.492 e. The molecule has 5 rings (SSSR count). The van der Waals surface area contributed by atoms with Crippen molar-refractivity contribution in [2.75, 3.05) is 17.2 Å². The van der Waals surface area contributed by atoms with Gasteiger partial charge >= 0.3 is 0 Å². The Hall–Kier alpha value is -4.03. The number of ether oxygens (including phenoxy) is 1. The number of rotatable bonds is 8. The summed E-state index contributed by atoms with van der Waals surface area (Å²) in [5, 5.41) is 29.7. The number of hydrogen-bond acceptors (Lipinski definition) is 7. The Morgan fingerprint density at radius 2 is 1.87 bits per heavy atom. The van der Waals surface area contributed by atoms with Crippen LogP contribution < -0.4 is 15.4 Å². The normalized spacial score (nSPS) is 11.7. The number of aromatic amines is 1. The van der Waals surface area contributed by atoms with Crippen LogP contribution in [0, 0.1) is 11.3 Å². The van der Waals surface area contributed by atoms with Crippen LogP contribution in [0.15, 0.2) is 67.0 Å². The highest BCUT2D eigenvalue weighted by atomic mass is 35.5. The Bertz CT molecular complexity index is 1630. The van der Waals surface area contributed by atoms with Gasteiger partial charge in [-0.2, -0.15) is 5.26 Å². The van der Waals surface area contributed by atoms with Crippen LogP contribution in [0.25, 0.3) is 10.9 Å². The number of nitrogens with zero attached hydrogens (tertiary/aromatic N) is 4. The Labute approximate surface area is 233 Å². The molecule has 0 aliphatic rings. The van der Waals surface area contributed by atoms with Crippen molar-refractivity contribution in [3.8, 4) is 11.8 Å². The predicted octanol–water partition coefficient (Wildman–Crippen LogP) is 7.53. The molecule has 2 heterocycles. The van der Waals surface area contributed by atoms with Gasteiger partial charge in [-0.1, -0.05) is 52.1 Å². The smallest absolute Gasteiger partial charge is 0.138 e. The highest BCUT2D eigenvalue weighted by Gasteiger charge is 2.21. The molecule has 2 aromatic heterocycles. The minimum absolute atomic E-state index is 0.349. The predicted molar refractivity (Wildman–Crippen MR) is 151 cm³/mol. The van der Waals surface area contributed by atoms with Crippen LogP contribution in [0.4, 0.5) is 17.1 Å². The summed E-state index contributed by atoms with van der Waals surface area (Å²) in [6.07, 6.45) is 3.23. The van der Waals surface area contributed by atoms with Crippen LogP contribution in [0.3, 0.4) is 0 Å². The van der Waals surface area contributed by atoms with Gasteiger partial charge in [-0.15, -0.1) is 5.10 Å². The van der Waals surface area contributed by atoms with Crippen molar-refractivity contribution in [3.05, 3.63) is 98.9 Å². The van der Waals surface area contributed by atoms with E-state index in [9.17, 15) is 5.26 Å². The van der Waals surface area contributed by atoms with Crippen LogP contribution in [-0.2, 0) is 0 Å². The van der Waals surface area contributed by atoms with Gasteiger partial charge in [-0.3, -0.25) is 10.1 Å². The molecule has 8 nitrogen and oxygen atoms in total. The molecule has 3 N–H and O–H groups in total. The van der Waals surface area contributed by atoms with Crippen molar-refractivity contribution in [1.29, 1.82) is 5.26 Å². The highest BCUT2D eigenvalue weighted by Crippen LogP contribution is 2.38. The summed E-state index contributed by atoms with van der Waals surface area (Å²) in [5.41, 5.74) is 4.40. The van der Waals surface area contributed by atoms with Crippen molar-refractivity contribution in [2.45, 2.75) is 13.0 Å². The molecule has 1 atom stereocenters. The Morgan fingerprint density at radius 3 is 2.55 bits per heavy atom. The van der Waals surface area contributed by atoms with Gasteiger partial charge in [0.1, 0.15) is 17.5 Å². The van der Waals surface area contributed by atoms with Crippen LogP contribution in [0.5, 0.6) is 5.75 Å². The average molecular weight is 565 g/mol. The SMILES string of the molecule is CCOc1ccc(Nc2c(C#N)cnc3c(N[C@@H](c4ccc(Cl)cc4)c4c[nH]nn4)cc(Cl)cc23)cc1Cl. The molecule has 3 aromatic carbocycles. The van der Waals surface area contributed by atoms with Crippen LogP contribution in [0.2, 0.25) is 15.1 Å². The Kier molecular flexibility index (Phi) is 7.52. The molecule has 0 spiro atoms. The second kappa shape index (κ2) is 11.2. The van der Waals surface area contributed by atoms with Gasteiger partial charge in [0.15, 0.2) is 0 Å². The quantitative estimate of drug-likeness (QED) is 0.179. The molecule has 11 heteroatoms. The zero-order valence-corrected chi connectivity index (χ0v) is 22.2. The molecule has 38 heavy (non-hydrogen) atoms. The van der Waals surface area contributed by atoms with E-state index in [1.165, 1.54) is 6.20 Å². The number of halogens is 3. The standard InChI is InChI=1S/C27H20Cl3N7O/c1-2-38-24-8-7-19(11-21(24)30)34-25-16(12-31)13-32-27-20(25)9-18(29)10-22(27)35-26(23-14-33-37-36-23)15-3-5-17(28)6-4-15/h3-11,13-14,26,35H,2H2,1H3,(H,32,34)(H,33,36,37)/t26-/m0/s1. The van der Waals surface area contributed by atoms with Crippen molar-refractivity contribution in [2.24, 2.45) is 0 Å². The Morgan fingerprint density at radius 1 is 1.05 bits per heavy atom. The van der Waals surface area contributed by atoms with Crippen LogP contribution >= 0.6 is 34.8 Å². The highest BCUT2D eigenvalue weighted by molar-refractivity contribution is 6.33. The third-order valence-corrected chi connectivity index (χ3v) is 6.56. The van der Waals surface area contributed by atoms with E-state index >= 15 is 0 Å². The number of pyridine rings is 1. The zero-order chi connectivity index (χ0) is 26.6. The summed E-state index contributed by atoms with van der Waals surface area (Å²) in [6.45, 7) is 2.39. The first-order valence-electron chi connectivity index (χ1n) is 11.6. The van der Waals surface area contributed by atoms with Crippen molar-refractivity contribution in [3.63, 3.8) is 0 Å². The maximum Gasteiger partial charge on any atom is 0.138 e. The fourth-order valence-corrected chi connectivity index (χ4v) is 4.66. The van der Waals surface area contributed by atoms with Gasteiger partial charge in [-0.05, 0) is 55.0 Å². The Balaban J connectivity index is 1.60. The van der Waals surface area contributed by atoms with Crippen LogP contribution in [0.1, 0.15) is 29.8 Å². The summed E-state index contributed by atoms with van der Waals surface area (Å²) < 4.78 is 5.53. The zero-order valence-electron chi connectivity index (χ0n) is 20.0. The van der Waals surface area contributed by atoms with Crippen LogP contribution in [-0.4, -0.2) is 27.0 Å². The van der Waals surface area contributed by atoms with E-state index in [1.54, 1.807) is 30.5 Å². The van der Waals surface area contributed by atoms with E-state index in [0.717, 1.165) is 5.56 Å². The topological polar surface area (TPSA) is 112 Å². The number of H-pyrrole nitrogens is 1. The van der Waals surface area contributed by atoms with Gasteiger partial charge < -0.3 is 15.4 Å². The molecule has 0 aliphatic heterocycles. The summed E-state index contributed by atoms with van der Waals surface area (Å²) in [5.74, 6) is 0.579. The second-order valence-corrected chi connectivity index (χ2v) is 9.52. The fourth-order valence-electron chi connectivity index (χ4n) is 4.08. The first-order valence-corrected chi connectivity index (χ1v) is 12.7. The molecule has 5 aromatic rings. The fraction of sp³-hybridized carbons (Fsp3) is 0.111. The minimum atomic E-state index is -0.383. The maximum absolute atomic E-state index is 9.85. The molecule has 0 aliphatic carbocycles. The number of fused-ring (bicyclic) bond motifs is 1. The molecule has 190 valence electrons. The molecule has 0 fully saturated rings. The first kappa shape index (κ1) is 25.6. The van der Waals surface area contributed by atoms with Gasteiger partial charge in [0.2, 0.25) is 0 Å². The van der Waals surface area contributed by atoms with Crippen molar-refractivity contribution in [1.82, 2.24) is 20.4 Å². The van der Waals surface area contributed by atoms with Gasteiger partial charge in [0, 0.05) is 33.5 Å². The second-order valence-electron chi connectivity index (χ2n) is 8.24.